The minimum atomic E-state index is 0.263. The predicted molar refractivity (Wildman–Crippen MR) is 83.3 cm³/mol. The molecule has 0 radical (unpaired) electrons. The van der Waals surface area contributed by atoms with Gasteiger partial charge in [-0.2, -0.15) is 0 Å². The first kappa shape index (κ1) is 15.5. The first-order valence-electron chi connectivity index (χ1n) is 7.35. The van der Waals surface area contributed by atoms with Gasteiger partial charge in [0, 0.05) is 26.2 Å². The van der Waals surface area contributed by atoms with Crippen LogP contribution >= 0.6 is 11.6 Å². The molecule has 20 heavy (non-hydrogen) atoms. The number of morpholine rings is 1. The fourth-order valence-corrected chi connectivity index (χ4v) is 2.74. The maximum atomic E-state index is 6.27. The van der Waals surface area contributed by atoms with E-state index in [4.69, 9.17) is 16.3 Å². The Balaban J connectivity index is 2.03. The molecule has 1 saturated heterocycles. The molecule has 0 aliphatic carbocycles. The first-order valence-corrected chi connectivity index (χ1v) is 7.73. The molecule has 0 aromatic carbocycles. The largest absolute Gasteiger partial charge is 0.373 e. The van der Waals surface area contributed by atoms with Gasteiger partial charge >= 0.3 is 0 Å². The lowest BCUT2D eigenvalue weighted by Crippen LogP contribution is -2.45. The van der Waals surface area contributed by atoms with Crippen molar-refractivity contribution in [3.05, 3.63) is 22.8 Å². The molecule has 2 heterocycles. The van der Waals surface area contributed by atoms with Crippen molar-refractivity contribution in [3.8, 4) is 0 Å². The average molecular weight is 298 g/mol. The van der Waals surface area contributed by atoms with E-state index in [1.165, 1.54) is 0 Å². The van der Waals surface area contributed by atoms with Crippen molar-refractivity contribution in [1.29, 1.82) is 0 Å². The maximum absolute atomic E-state index is 6.27. The van der Waals surface area contributed by atoms with Crippen molar-refractivity contribution in [2.45, 2.75) is 45.9 Å². The van der Waals surface area contributed by atoms with Crippen molar-refractivity contribution in [2.75, 3.05) is 25.0 Å². The number of halogens is 1. The van der Waals surface area contributed by atoms with E-state index in [1.54, 1.807) is 0 Å². The number of nitrogens with zero attached hydrogens (tertiary/aromatic N) is 2. The standard InChI is InChI=1S/C15H24ClN3O/c1-4-7-17-15-6-5-13(16)14(18-15)10-19-8-11(2)20-12(3)9-19/h5-6,11-12H,4,7-10H2,1-3H3,(H,17,18)/t11-,12+. The second-order valence-corrected chi connectivity index (χ2v) is 5.91. The Morgan fingerprint density at radius 2 is 2.05 bits per heavy atom. The first-order chi connectivity index (χ1) is 9.58. The SMILES string of the molecule is CCCNc1ccc(Cl)c(CN2C[C@@H](C)O[C@@H](C)C2)n1. The van der Waals surface area contributed by atoms with Crippen molar-refractivity contribution in [3.63, 3.8) is 0 Å². The second-order valence-electron chi connectivity index (χ2n) is 5.50. The van der Waals surface area contributed by atoms with Crippen LogP contribution < -0.4 is 5.32 Å². The van der Waals surface area contributed by atoms with E-state index in [1.807, 2.05) is 12.1 Å². The van der Waals surface area contributed by atoms with Gasteiger partial charge in [-0.15, -0.1) is 0 Å². The van der Waals surface area contributed by atoms with Crippen LogP contribution in [0.2, 0.25) is 5.02 Å². The van der Waals surface area contributed by atoms with Crippen molar-refractivity contribution in [1.82, 2.24) is 9.88 Å². The highest BCUT2D eigenvalue weighted by Gasteiger charge is 2.23. The van der Waals surface area contributed by atoms with Crippen LogP contribution in [0.25, 0.3) is 0 Å². The molecule has 112 valence electrons. The van der Waals surface area contributed by atoms with Crippen LogP contribution in [0.4, 0.5) is 5.82 Å². The Morgan fingerprint density at radius 3 is 2.70 bits per heavy atom. The average Bonchev–Trinajstić information content (AvgIpc) is 2.38. The van der Waals surface area contributed by atoms with Crippen molar-refractivity contribution >= 4 is 17.4 Å². The van der Waals surface area contributed by atoms with Crippen LogP contribution in [0.15, 0.2) is 12.1 Å². The lowest BCUT2D eigenvalue weighted by Gasteiger charge is -2.35. The Morgan fingerprint density at radius 1 is 1.35 bits per heavy atom. The maximum Gasteiger partial charge on any atom is 0.126 e. The Kier molecular flexibility index (Phi) is 5.64. The zero-order valence-electron chi connectivity index (χ0n) is 12.5. The third-order valence-corrected chi connectivity index (χ3v) is 3.69. The summed E-state index contributed by atoms with van der Waals surface area (Å²) in [5, 5.41) is 4.04. The minimum Gasteiger partial charge on any atom is -0.373 e. The zero-order valence-corrected chi connectivity index (χ0v) is 13.3. The molecular formula is C15H24ClN3O. The van der Waals surface area contributed by atoms with E-state index >= 15 is 0 Å². The van der Waals surface area contributed by atoms with Gasteiger partial charge in [0.15, 0.2) is 0 Å². The number of rotatable bonds is 5. The number of hydrogen-bond acceptors (Lipinski definition) is 4. The van der Waals surface area contributed by atoms with Crippen LogP contribution in [0.1, 0.15) is 32.9 Å². The van der Waals surface area contributed by atoms with Gasteiger partial charge < -0.3 is 10.1 Å². The lowest BCUT2D eigenvalue weighted by molar-refractivity contribution is -0.0707. The fourth-order valence-electron chi connectivity index (χ4n) is 2.57. The number of anilines is 1. The summed E-state index contributed by atoms with van der Waals surface area (Å²) in [5.74, 6) is 0.903. The Hall–Kier alpha value is -0.840. The minimum absolute atomic E-state index is 0.263. The molecular weight excluding hydrogens is 274 g/mol. The van der Waals surface area contributed by atoms with Gasteiger partial charge in [0.1, 0.15) is 5.82 Å². The number of aromatic nitrogens is 1. The number of hydrogen-bond donors (Lipinski definition) is 1. The van der Waals surface area contributed by atoms with Crippen LogP contribution in [0.3, 0.4) is 0 Å². The van der Waals surface area contributed by atoms with Crippen LogP contribution in [-0.2, 0) is 11.3 Å². The molecule has 0 unspecified atom stereocenters. The molecule has 0 bridgehead atoms. The fraction of sp³-hybridized carbons (Fsp3) is 0.667. The van der Waals surface area contributed by atoms with Gasteiger partial charge in [0.25, 0.3) is 0 Å². The molecule has 1 fully saturated rings. The highest BCUT2D eigenvalue weighted by molar-refractivity contribution is 6.31. The summed E-state index contributed by atoms with van der Waals surface area (Å²) < 4.78 is 5.75. The summed E-state index contributed by atoms with van der Waals surface area (Å²) in [7, 11) is 0. The summed E-state index contributed by atoms with van der Waals surface area (Å²) in [6.07, 6.45) is 1.61. The summed E-state index contributed by atoms with van der Waals surface area (Å²) in [6.45, 7) is 9.91. The third kappa shape index (κ3) is 4.33. The molecule has 1 aromatic heterocycles. The molecule has 1 aromatic rings. The quantitative estimate of drug-likeness (QED) is 0.906. The molecule has 1 aliphatic heterocycles. The normalized spacial score (nSPS) is 23.8. The van der Waals surface area contributed by atoms with E-state index in [0.717, 1.165) is 49.1 Å². The topological polar surface area (TPSA) is 37.4 Å². The van der Waals surface area contributed by atoms with Gasteiger partial charge in [-0.1, -0.05) is 18.5 Å². The summed E-state index contributed by atoms with van der Waals surface area (Å²) in [4.78, 5) is 6.99. The number of pyridine rings is 1. The molecule has 4 nitrogen and oxygen atoms in total. The van der Waals surface area contributed by atoms with Gasteiger partial charge in [0.05, 0.1) is 22.9 Å². The monoisotopic (exact) mass is 297 g/mol. The lowest BCUT2D eigenvalue weighted by atomic mass is 10.2. The number of ether oxygens (including phenoxy) is 1. The summed E-state index contributed by atoms with van der Waals surface area (Å²) >= 11 is 6.27. The molecule has 5 heteroatoms. The summed E-state index contributed by atoms with van der Waals surface area (Å²) in [5.41, 5.74) is 0.939. The highest BCUT2D eigenvalue weighted by atomic mass is 35.5. The smallest absolute Gasteiger partial charge is 0.126 e. The molecule has 1 N–H and O–H groups in total. The molecule has 2 atom stereocenters. The van der Waals surface area contributed by atoms with Crippen molar-refractivity contribution in [2.24, 2.45) is 0 Å². The van der Waals surface area contributed by atoms with E-state index in [0.29, 0.717) is 0 Å². The van der Waals surface area contributed by atoms with E-state index in [2.05, 4.69) is 36.0 Å². The molecule has 0 spiro atoms. The van der Waals surface area contributed by atoms with Crippen molar-refractivity contribution < 1.29 is 4.74 Å². The van der Waals surface area contributed by atoms with E-state index < -0.39 is 0 Å². The molecule has 0 saturated carbocycles. The van der Waals surface area contributed by atoms with E-state index in [9.17, 15) is 0 Å². The Labute approximate surface area is 126 Å². The Bertz CT molecular complexity index is 431. The summed E-state index contributed by atoms with van der Waals surface area (Å²) in [6, 6.07) is 3.86. The predicted octanol–water partition coefficient (Wildman–Crippen LogP) is 3.17. The molecule has 0 amide bonds. The van der Waals surface area contributed by atoms with Crippen LogP contribution in [-0.4, -0.2) is 41.7 Å². The molecule has 2 rings (SSSR count). The third-order valence-electron chi connectivity index (χ3n) is 3.34. The zero-order chi connectivity index (χ0) is 14.5. The highest BCUT2D eigenvalue weighted by Crippen LogP contribution is 2.20. The van der Waals surface area contributed by atoms with Crippen LogP contribution in [0, 0.1) is 0 Å². The second kappa shape index (κ2) is 7.25. The molecule has 1 aliphatic rings. The van der Waals surface area contributed by atoms with Gasteiger partial charge in [-0.25, -0.2) is 4.98 Å². The van der Waals surface area contributed by atoms with Gasteiger partial charge in [0.2, 0.25) is 0 Å². The van der Waals surface area contributed by atoms with Crippen LogP contribution in [0.5, 0.6) is 0 Å². The van der Waals surface area contributed by atoms with E-state index in [-0.39, 0.29) is 12.2 Å². The number of nitrogens with one attached hydrogen (secondary N) is 1. The van der Waals surface area contributed by atoms with Gasteiger partial charge in [-0.05, 0) is 32.4 Å². The van der Waals surface area contributed by atoms with Gasteiger partial charge in [-0.3, -0.25) is 4.90 Å².